The molecule has 0 aliphatic carbocycles. The van der Waals surface area contributed by atoms with Crippen molar-refractivity contribution in [3.05, 3.63) is 54.1 Å². The second kappa shape index (κ2) is 11.3. The topological polar surface area (TPSA) is 114 Å². The predicted molar refractivity (Wildman–Crippen MR) is 127 cm³/mol. The fourth-order valence-corrected chi connectivity index (χ4v) is 5.38. The number of carbonyl (C=O) groups is 2. The lowest BCUT2D eigenvalue weighted by Crippen LogP contribution is -2.50. The SMILES string of the molecule is COc1ccc(S(=O)(=O)N2CCCC(C(=O)NC(C)C(=O)NCc3ccccc3OC)C2)cc1. The zero-order chi connectivity index (χ0) is 24.7. The van der Waals surface area contributed by atoms with E-state index < -0.39 is 22.0 Å². The number of carbonyl (C=O) groups excluding carboxylic acids is 2. The van der Waals surface area contributed by atoms with Crippen molar-refractivity contribution in [3.63, 3.8) is 0 Å². The first-order chi connectivity index (χ1) is 16.3. The number of nitrogens with zero attached hydrogens (tertiary/aromatic N) is 1. The van der Waals surface area contributed by atoms with E-state index in [9.17, 15) is 18.0 Å². The summed E-state index contributed by atoms with van der Waals surface area (Å²) in [4.78, 5) is 25.5. The normalized spacial score (nSPS) is 17.4. The summed E-state index contributed by atoms with van der Waals surface area (Å²) >= 11 is 0. The van der Waals surface area contributed by atoms with E-state index in [1.807, 2.05) is 24.3 Å². The van der Waals surface area contributed by atoms with E-state index in [2.05, 4.69) is 10.6 Å². The Bertz CT molecular complexity index is 1100. The first-order valence-electron chi connectivity index (χ1n) is 11.1. The van der Waals surface area contributed by atoms with E-state index >= 15 is 0 Å². The van der Waals surface area contributed by atoms with Crippen LogP contribution < -0.4 is 20.1 Å². The molecule has 2 aromatic carbocycles. The molecule has 2 amide bonds. The number of sulfonamides is 1. The minimum atomic E-state index is -3.74. The van der Waals surface area contributed by atoms with E-state index in [1.165, 1.54) is 23.5 Å². The lowest BCUT2D eigenvalue weighted by atomic mass is 9.98. The fraction of sp³-hybridized carbons (Fsp3) is 0.417. The van der Waals surface area contributed by atoms with Crippen LogP contribution >= 0.6 is 0 Å². The van der Waals surface area contributed by atoms with Crippen LogP contribution in [0.1, 0.15) is 25.3 Å². The van der Waals surface area contributed by atoms with E-state index in [0.717, 1.165) is 5.56 Å². The molecule has 1 aliphatic rings. The van der Waals surface area contributed by atoms with Crippen molar-refractivity contribution in [3.8, 4) is 11.5 Å². The fourth-order valence-electron chi connectivity index (χ4n) is 3.85. The lowest BCUT2D eigenvalue weighted by molar-refractivity contribution is -0.131. The smallest absolute Gasteiger partial charge is 0.243 e. The molecule has 10 heteroatoms. The molecule has 1 saturated heterocycles. The van der Waals surface area contributed by atoms with Crippen molar-refractivity contribution in [2.75, 3.05) is 27.3 Å². The van der Waals surface area contributed by atoms with Crippen LogP contribution in [0.4, 0.5) is 0 Å². The van der Waals surface area contributed by atoms with Crippen molar-refractivity contribution >= 4 is 21.8 Å². The number of rotatable bonds is 9. The van der Waals surface area contributed by atoms with Crippen LogP contribution in [0.25, 0.3) is 0 Å². The summed E-state index contributed by atoms with van der Waals surface area (Å²) in [5.41, 5.74) is 0.823. The van der Waals surface area contributed by atoms with Crippen molar-refractivity contribution < 1.29 is 27.5 Å². The highest BCUT2D eigenvalue weighted by Gasteiger charge is 2.34. The van der Waals surface area contributed by atoms with Gasteiger partial charge in [0, 0.05) is 25.2 Å². The van der Waals surface area contributed by atoms with Gasteiger partial charge >= 0.3 is 0 Å². The molecule has 0 saturated carbocycles. The van der Waals surface area contributed by atoms with Crippen LogP contribution in [0, 0.1) is 5.92 Å². The maximum atomic E-state index is 13.0. The molecular weight excluding hydrogens is 458 g/mol. The van der Waals surface area contributed by atoms with Gasteiger partial charge in [0.25, 0.3) is 0 Å². The number of methoxy groups -OCH3 is 2. The molecule has 1 aliphatic heterocycles. The summed E-state index contributed by atoms with van der Waals surface area (Å²) in [6.45, 7) is 2.27. The molecule has 2 atom stereocenters. The monoisotopic (exact) mass is 489 g/mol. The van der Waals surface area contributed by atoms with E-state index in [1.54, 1.807) is 26.2 Å². The summed E-state index contributed by atoms with van der Waals surface area (Å²) in [7, 11) is -0.665. The van der Waals surface area contributed by atoms with Gasteiger partial charge in [-0.2, -0.15) is 4.31 Å². The maximum absolute atomic E-state index is 13.0. The lowest BCUT2D eigenvalue weighted by Gasteiger charge is -2.31. The number of hydrogen-bond acceptors (Lipinski definition) is 6. The Morgan fingerprint density at radius 3 is 2.47 bits per heavy atom. The molecule has 2 N–H and O–H groups in total. The largest absolute Gasteiger partial charge is 0.497 e. The minimum absolute atomic E-state index is 0.0652. The average molecular weight is 490 g/mol. The van der Waals surface area contributed by atoms with Crippen molar-refractivity contribution in [1.82, 2.24) is 14.9 Å². The van der Waals surface area contributed by atoms with Gasteiger partial charge in [0.2, 0.25) is 21.8 Å². The van der Waals surface area contributed by atoms with Gasteiger partial charge < -0.3 is 20.1 Å². The number of nitrogens with one attached hydrogen (secondary N) is 2. The number of hydrogen-bond donors (Lipinski definition) is 2. The molecule has 1 heterocycles. The summed E-state index contributed by atoms with van der Waals surface area (Å²) in [5.74, 6) is 0.0197. The molecule has 0 aromatic heterocycles. The molecule has 2 unspecified atom stereocenters. The molecule has 184 valence electrons. The van der Waals surface area contributed by atoms with Crippen LogP contribution in [0.15, 0.2) is 53.4 Å². The molecule has 0 spiro atoms. The van der Waals surface area contributed by atoms with Crippen LogP contribution in [-0.2, 0) is 26.2 Å². The highest BCUT2D eigenvalue weighted by Crippen LogP contribution is 2.25. The predicted octanol–water partition coefficient (Wildman–Crippen LogP) is 1.93. The highest BCUT2D eigenvalue weighted by molar-refractivity contribution is 7.89. The van der Waals surface area contributed by atoms with E-state index in [-0.39, 0.29) is 29.8 Å². The van der Waals surface area contributed by atoms with E-state index in [0.29, 0.717) is 30.9 Å². The van der Waals surface area contributed by atoms with Gasteiger partial charge in [-0.3, -0.25) is 9.59 Å². The Balaban J connectivity index is 1.57. The Hall–Kier alpha value is -3.11. The summed E-state index contributed by atoms with van der Waals surface area (Å²) in [6.07, 6.45) is 1.11. The van der Waals surface area contributed by atoms with Crippen molar-refractivity contribution in [2.24, 2.45) is 5.92 Å². The first kappa shape index (κ1) is 25.5. The highest BCUT2D eigenvalue weighted by atomic mass is 32.2. The van der Waals surface area contributed by atoms with Gasteiger partial charge in [0.1, 0.15) is 17.5 Å². The molecule has 0 bridgehead atoms. The molecule has 34 heavy (non-hydrogen) atoms. The van der Waals surface area contributed by atoms with Gasteiger partial charge in [-0.15, -0.1) is 0 Å². The van der Waals surface area contributed by atoms with Gasteiger partial charge in [-0.05, 0) is 50.1 Å². The Kier molecular flexibility index (Phi) is 8.51. The van der Waals surface area contributed by atoms with Crippen molar-refractivity contribution in [1.29, 1.82) is 0 Å². The summed E-state index contributed by atoms with van der Waals surface area (Å²) in [6, 6.07) is 12.7. The molecular formula is C24H31N3O6S. The number of benzene rings is 2. The molecule has 0 radical (unpaired) electrons. The number of amides is 2. The zero-order valence-electron chi connectivity index (χ0n) is 19.6. The zero-order valence-corrected chi connectivity index (χ0v) is 20.4. The third kappa shape index (κ3) is 6.06. The molecule has 1 fully saturated rings. The molecule has 2 aromatic rings. The second-order valence-corrected chi connectivity index (χ2v) is 10.1. The Morgan fingerprint density at radius 1 is 1.09 bits per heavy atom. The summed E-state index contributed by atoms with van der Waals surface area (Å²) < 4.78 is 37.8. The standard InChI is InChI=1S/C24H31N3O6S/c1-17(23(28)25-15-18-7-4-5-9-22(18)33-3)26-24(29)19-8-6-14-27(16-19)34(30,31)21-12-10-20(32-2)11-13-21/h4-5,7,9-13,17,19H,6,8,14-16H2,1-3H3,(H,25,28)(H,26,29). The minimum Gasteiger partial charge on any atom is -0.497 e. The second-order valence-electron chi connectivity index (χ2n) is 8.14. The first-order valence-corrected chi connectivity index (χ1v) is 12.5. The third-order valence-corrected chi connectivity index (χ3v) is 7.73. The van der Waals surface area contributed by atoms with Crippen LogP contribution in [0.3, 0.4) is 0 Å². The van der Waals surface area contributed by atoms with Gasteiger partial charge in [-0.1, -0.05) is 18.2 Å². The Labute approximate surface area is 200 Å². The van der Waals surface area contributed by atoms with Crippen molar-refractivity contribution in [2.45, 2.75) is 37.2 Å². The van der Waals surface area contributed by atoms with Gasteiger partial charge in [-0.25, -0.2) is 8.42 Å². The maximum Gasteiger partial charge on any atom is 0.243 e. The van der Waals surface area contributed by atoms with E-state index in [4.69, 9.17) is 9.47 Å². The third-order valence-electron chi connectivity index (χ3n) is 5.85. The van der Waals surface area contributed by atoms with Crippen LogP contribution in [-0.4, -0.2) is 57.9 Å². The summed E-state index contributed by atoms with van der Waals surface area (Å²) in [5, 5.41) is 5.52. The van der Waals surface area contributed by atoms with Gasteiger partial charge in [0.05, 0.1) is 25.0 Å². The average Bonchev–Trinajstić information content (AvgIpc) is 2.87. The number of piperidine rings is 1. The number of para-hydroxylation sites is 1. The van der Waals surface area contributed by atoms with Crippen LogP contribution in [0.5, 0.6) is 11.5 Å². The number of ether oxygens (including phenoxy) is 2. The molecule has 3 rings (SSSR count). The Morgan fingerprint density at radius 2 is 1.79 bits per heavy atom. The quantitative estimate of drug-likeness (QED) is 0.556. The molecule has 9 nitrogen and oxygen atoms in total. The van der Waals surface area contributed by atoms with Crippen LogP contribution in [0.2, 0.25) is 0 Å². The van der Waals surface area contributed by atoms with Gasteiger partial charge in [0.15, 0.2) is 0 Å².